The number of carbonyl (C=O) groups excluding carboxylic acids is 1. The van der Waals surface area contributed by atoms with Gasteiger partial charge in [-0.05, 0) is 43.9 Å². The standard InChI is InChI=1S/C18H29NO3/c1-17(2,3)15(19)14(22-16(21)18(4,5)6)11-12-7-9-13(20)10-8-12/h7-10,14-15,20H,11,19H2,1-6H3/p+1. The molecule has 0 aliphatic heterocycles. The van der Waals surface area contributed by atoms with Crippen LogP contribution in [0.25, 0.3) is 0 Å². The molecule has 0 spiro atoms. The van der Waals surface area contributed by atoms with Crippen LogP contribution in [-0.2, 0) is 11.2 Å². The quantitative estimate of drug-likeness (QED) is 0.662. The van der Waals surface area contributed by atoms with Gasteiger partial charge in [-0.1, -0.05) is 32.9 Å². The van der Waals surface area contributed by atoms with E-state index in [0.717, 1.165) is 5.56 Å². The number of benzene rings is 1. The molecule has 0 aliphatic rings. The first kappa shape index (κ1) is 18.5. The second-order valence-corrected chi connectivity index (χ2v) is 7.97. The molecule has 1 aromatic rings. The molecule has 0 fully saturated rings. The van der Waals surface area contributed by atoms with Crippen LogP contribution in [0.5, 0.6) is 5.75 Å². The van der Waals surface area contributed by atoms with Gasteiger partial charge in [-0.25, -0.2) is 0 Å². The number of aromatic hydroxyl groups is 1. The number of esters is 1. The van der Waals surface area contributed by atoms with Gasteiger partial charge in [0.15, 0.2) is 0 Å². The summed E-state index contributed by atoms with van der Waals surface area (Å²) in [6.45, 7) is 11.8. The third kappa shape index (κ3) is 5.34. The lowest BCUT2D eigenvalue weighted by atomic mass is 9.82. The summed E-state index contributed by atoms with van der Waals surface area (Å²) in [6.07, 6.45) is 0.225. The Morgan fingerprint density at radius 3 is 2.05 bits per heavy atom. The Morgan fingerprint density at radius 1 is 1.14 bits per heavy atom. The van der Waals surface area contributed by atoms with Crippen molar-refractivity contribution >= 4 is 5.97 Å². The van der Waals surface area contributed by atoms with Crippen LogP contribution in [0.4, 0.5) is 0 Å². The van der Waals surface area contributed by atoms with Crippen LogP contribution in [-0.4, -0.2) is 28.0 Å². The number of ether oxygens (including phenoxy) is 1. The SMILES string of the molecule is CC(C)(C)C(=[OH+])OC(Cc1ccc(O)cc1)C(N)C(C)(C)C. The molecule has 0 amide bonds. The van der Waals surface area contributed by atoms with Crippen LogP contribution in [0.1, 0.15) is 47.1 Å². The zero-order valence-corrected chi connectivity index (χ0v) is 14.6. The molecular formula is C18H30NO3+. The van der Waals surface area contributed by atoms with E-state index in [1.807, 2.05) is 32.9 Å². The van der Waals surface area contributed by atoms with E-state index < -0.39 is 5.41 Å². The van der Waals surface area contributed by atoms with Gasteiger partial charge in [-0.2, -0.15) is 0 Å². The summed E-state index contributed by atoms with van der Waals surface area (Å²) in [6, 6.07) is 6.72. The van der Waals surface area contributed by atoms with Crippen molar-refractivity contribution in [2.75, 3.05) is 0 Å². The van der Waals surface area contributed by atoms with Crippen molar-refractivity contribution in [1.82, 2.24) is 0 Å². The molecule has 1 aromatic carbocycles. The normalized spacial score (nSPS) is 15.2. The summed E-state index contributed by atoms with van der Waals surface area (Å²) in [5.41, 5.74) is 6.76. The van der Waals surface area contributed by atoms with E-state index in [4.69, 9.17) is 10.5 Å². The molecule has 0 saturated heterocycles. The molecule has 124 valence electrons. The average Bonchev–Trinajstić information content (AvgIpc) is 2.37. The average molecular weight is 308 g/mol. The highest BCUT2D eigenvalue weighted by atomic mass is 16.5. The summed E-state index contributed by atoms with van der Waals surface area (Å²) < 4.78 is 5.82. The minimum absolute atomic E-state index is 0.00372. The second-order valence-electron chi connectivity index (χ2n) is 7.97. The van der Waals surface area contributed by atoms with Crippen molar-refractivity contribution in [3.8, 4) is 5.75 Å². The minimum Gasteiger partial charge on any atom is -0.508 e. The van der Waals surface area contributed by atoms with Crippen molar-refractivity contribution in [3.05, 3.63) is 29.8 Å². The smallest absolute Gasteiger partial charge is 0.488 e. The summed E-state index contributed by atoms with van der Waals surface area (Å²) in [7, 11) is 0. The first-order valence-corrected chi connectivity index (χ1v) is 7.68. The van der Waals surface area contributed by atoms with Crippen LogP contribution < -0.4 is 5.73 Å². The summed E-state index contributed by atoms with van der Waals surface area (Å²) in [5, 5.41) is 9.38. The third-order valence-electron chi connectivity index (χ3n) is 3.68. The molecule has 2 atom stereocenters. The van der Waals surface area contributed by atoms with E-state index in [-0.39, 0.29) is 29.3 Å². The highest BCUT2D eigenvalue weighted by Crippen LogP contribution is 2.26. The summed E-state index contributed by atoms with van der Waals surface area (Å²) in [5.74, 6) is 0.224. The predicted octanol–water partition coefficient (Wildman–Crippen LogP) is 3.24. The Labute approximate surface area is 133 Å². The molecule has 4 N–H and O–H groups in total. The second kappa shape index (κ2) is 6.69. The molecular weight excluding hydrogens is 278 g/mol. The van der Waals surface area contributed by atoms with Crippen LogP contribution >= 0.6 is 0 Å². The maximum atomic E-state index is 10.2. The largest absolute Gasteiger partial charge is 0.508 e. The molecule has 0 bridgehead atoms. The van der Waals surface area contributed by atoms with Gasteiger partial charge in [0.05, 0.1) is 6.04 Å². The number of hydrogen-bond donors (Lipinski definition) is 2. The monoisotopic (exact) mass is 308 g/mol. The first-order valence-electron chi connectivity index (χ1n) is 7.68. The van der Waals surface area contributed by atoms with E-state index in [9.17, 15) is 9.90 Å². The van der Waals surface area contributed by atoms with Gasteiger partial charge in [0.2, 0.25) is 6.10 Å². The molecule has 0 radical (unpaired) electrons. The van der Waals surface area contributed by atoms with Crippen molar-refractivity contribution in [3.63, 3.8) is 0 Å². The fraction of sp³-hybridized carbons (Fsp3) is 0.611. The fourth-order valence-electron chi connectivity index (χ4n) is 1.98. The minimum atomic E-state index is -0.454. The molecule has 4 nitrogen and oxygen atoms in total. The molecule has 0 heterocycles. The maximum Gasteiger partial charge on any atom is 0.488 e. The van der Waals surface area contributed by atoms with Crippen molar-refractivity contribution in [2.24, 2.45) is 16.6 Å². The Bertz CT molecular complexity index is 495. The Hall–Kier alpha value is -1.55. The molecule has 0 aliphatic carbocycles. The number of nitrogens with two attached hydrogens (primary N) is 1. The van der Waals surface area contributed by atoms with Gasteiger partial charge in [-0.15, -0.1) is 0 Å². The lowest BCUT2D eigenvalue weighted by Gasteiger charge is -2.31. The summed E-state index contributed by atoms with van der Waals surface area (Å²) >= 11 is 0. The van der Waals surface area contributed by atoms with Gasteiger partial charge in [0.25, 0.3) is 0 Å². The zero-order valence-electron chi connectivity index (χ0n) is 14.6. The first-order chi connectivity index (χ1) is 9.91. The van der Waals surface area contributed by atoms with Crippen LogP contribution in [0.15, 0.2) is 24.3 Å². The predicted molar refractivity (Wildman–Crippen MR) is 90.5 cm³/mol. The van der Waals surface area contributed by atoms with Crippen molar-refractivity contribution < 1.29 is 14.6 Å². The number of phenolic OH excluding ortho intramolecular Hbond substituents is 1. The summed E-state index contributed by atoms with van der Waals surface area (Å²) in [4.78, 5) is 10.2. The highest BCUT2D eigenvalue weighted by molar-refractivity contribution is 5.76. The zero-order chi connectivity index (χ0) is 17.1. The van der Waals surface area contributed by atoms with Crippen LogP contribution in [0, 0.1) is 10.8 Å². The van der Waals surface area contributed by atoms with Gasteiger partial charge in [-0.3, -0.25) is 0 Å². The van der Waals surface area contributed by atoms with E-state index in [1.165, 1.54) is 0 Å². The van der Waals surface area contributed by atoms with Crippen LogP contribution in [0.2, 0.25) is 0 Å². The molecule has 2 unspecified atom stereocenters. The Balaban J connectivity index is 2.96. The molecule has 0 aromatic heterocycles. The van der Waals surface area contributed by atoms with Crippen molar-refractivity contribution in [1.29, 1.82) is 0 Å². The lowest BCUT2D eigenvalue weighted by Crippen LogP contribution is -2.49. The van der Waals surface area contributed by atoms with E-state index in [2.05, 4.69) is 20.8 Å². The Kier molecular flexibility index (Phi) is 5.63. The Morgan fingerprint density at radius 2 is 1.64 bits per heavy atom. The van der Waals surface area contributed by atoms with Crippen LogP contribution in [0.3, 0.4) is 0 Å². The van der Waals surface area contributed by atoms with Gasteiger partial charge in [0, 0.05) is 6.42 Å². The molecule has 22 heavy (non-hydrogen) atoms. The van der Waals surface area contributed by atoms with Gasteiger partial charge < -0.3 is 20.4 Å². The van der Waals surface area contributed by atoms with Gasteiger partial charge >= 0.3 is 5.97 Å². The van der Waals surface area contributed by atoms with Crippen molar-refractivity contribution in [2.45, 2.75) is 60.1 Å². The van der Waals surface area contributed by atoms with E-state index in [0.29, 0.717) is 6.42 Å². The fourth-order valence-corrected chi connectivity index (χ4v) is 1.98. The van der Waals surface area contributed by atoms with E-state index >= 15 is 0 Å². The number of phenols is 1. The maximum absolute atomic E-state index is 10.2. The third-order valence-corrected chi connectivity index (χ3v) is 3.68. The highest BCUT2D eigenvalue weighted by Gasteiger charge is 2.40. The van der Waals surface area contributed by atoms with E-state index in [1.54, 1.807) is 12.1 Å². The van der Waals surface area contributed by atoms with Gasteiger partial charge in [0.1, 0.15) is 11.2 Å². The lowest BCUT2D eigenvalue weighted by molar-refractivity contribution is 0.0780. The molecule has 0 saturated carbocycles. The number of rotatable bonds is 4. The number of hydrogen-bond acceptors (Lipinski definition) is 3. The topological polar surface area (TPSA) is 76.9 Å². The molecule has 1 rings (SSSR count). The molecule has 4 heteroatoms.